The lowest BCUT2D eigenvalue weighted by molar-refractivity contribution is -0.111. The van der Waals surface area contributed by atoms with E-state index in [4.69, 9.17) is 9.72 Å². The van der Waals surface area contributed by atoms with Crippen LogP contribution < -0.4 is 4.74 Å². The van der Waals surface area contributed by atoms with Crippen molar-refractivity contribution in [2.75, 3.05) is 7.11 Å². The van der Waals surface area contributed by atoms with Gasteiger partial charge in [-0.2, -0.15) is 0 Å². The highest BCUT2D eigenvalue weighted by atomic mass is 16.5. The van der Waals surface area contributed by atoms with E-state index in [1.807, 2.05) is 30.3 Å². The maximum absolute atomic E-state index is 11.5. The number of hydrogen-bond acceptors (Lipinski definition) is 3. The van der Waals surface area contributed by atoms with Crippen molar-refractivity contribution in [3.63, 3.8) is 0 Å². The summed E-state index contributed by atoms with van der Waals surface area (Å²) in [5.41, 5.74) is 4.01. The van der Waals surface area contributed by atoms with Crippen LogP contribution in [0.4, 0.5) is 0 Å². The Hall–Kier alpha value is -2.16. The van der Waals surface area contributed by atoms with E-state index >= 15 is 0 Å². The molecule has 3 nitrogen and oxygen atoms in total. The minimum atomic E-state index is -0.0736. The van der Waals surface area contributed by atoms with Gasteiger partial charge in [-0.25, -0.2) is 0 Å². The second kappa shape index (κ2) is 5.56. The number of methoxy groups -OCH3 is 1. The van der Waals surface area contributed by atoms with Crippen LogP contribution in [0.2, 0.25) is 0 Å². The zero-order valence-electron chi connectivity index (χ0n) is 13.3. The van der Waals surface area contributed by atoms with Gasteiger partial charge in [-0.05, 0) is 42.0 Å². The average Bonchev–Trinajstić information content (AvgIpc) is 2.54. The van der Waals surface area contributed by atoms with Gasteiger partial charge >= 0.3 is 0 Å². The minimum Gasteiger partial charge on any atom is -0.496 e. The van der Waals surface area contributed by atoms with Crippen molar-refractivity contribution in [1.29, 1.82) is 0 Å². The lowest BCUT2D eigenvalue weighted by atomic mass is 9.68. The first-order valence-electron chi connectivity index (χ1n) is 7.65. The summed E-state index contributed by atoms with van der Waals surface area (Å²) in [6.07, 6.45) is 2.96. The first-order chi connectivity index (χ1) is 10.6. The molecule has 3 heteroatoms. The van der Waals surface area contributed by atoms with Gasteiger partial charge in [-0.3, -0.25) is 4.98 Å². The summed E-state index contributed by atoms with van der Waals surface area (Å²) < 4.78 is 5.42. The molecule has 1 aromatic carbocycles. The number of pyridine rings is 1. The van der Waals surface area contributed by atoms with Crippen LogP contribution in [-0.4, -0.2) is 18.4 Å². The maximum Gasteiger partial charge on any atom is 0.128 e. The van der Waals surface area contributed by atoms with Gasteiger partial charge in [0.1, 0.15) is 12.0 Å². The number of hydrogen-bond donors (Lipinski definition) is 0. The Morgan fingerprint density at radius 2 is 2.00 bits per heavy atom. The van der Waals surface area contributed by atoms with Crippen molar-refractivity contribution in [3.05, 3.63) is 47.7 Å². The number of carbonyl (C=O) groups excluding carboxylic acids is 1. The normalized spacial score (nSPS) is 19.3. The molecule has 0 saturated carbocycles. The van der Waals surface area contributed by atoms with Gasteiger partial charge < -0.3 is 9.53 Å². The topological polar surface area (TPSA) is 39.2 Å². The summed E-state index contributed by atoms with van der Waals surface area (Å²) >= 11 is 0. The van der Waals surface area contributed by atoms with E-state index < -0.39 is 0 Å². The van der Waals surface area contributed by atoms with Crippen LogP contribution >= 0.6 is 0 Å². The number of ether oxygens (including phenoxy) is 1. The Kier molecular flexibility index (Phi) is 3.73. The summed E-state index contributed by atoms with van der Waals surface area (Å²) in [6.45, 7) is 4.31. The predicted molar refractivity (Wildman–Crippen MR) is 87.1 cm³/mol. The molecule has 0 bridgehead atoms. The number of para-hydroxylation sites is 1. The van der Waals surface area contributed by atoms with E-state index in [1.165, 1.54) is 0 Å². The SMILES string of the molecule is COc1ccccc1-c1ccc2c(n1)CCC(C)(C)C2C=O. The van der Waals surface area contributed by atoms with Crippen molar-refractivity contribution < 1.29 is 9.53 Å². The van der Waals surface area contributed by atoms with Crippen LogP contribution in [-0.2, 0) is 11.2 Å². The lowest BCUT2D eigenvalue weighted by Gasteiger charge is -2.36. The number of aromatic nitrogens is 1. The fraction of sp³-hybridized carbons (Fsp3) is 0.368. The molecule has 2 aromatic rings. The van der Waals surface area contributed by atoms with Gasteiger partial charge in [0, 0.05) is 17.2 Å². The third kappa shape index (κ3) is 2.41. The van der Waals surface area contributed by atoms with E-state index in [2.05, 4.69) is 19.9 Å². The van der Waals surface area contributed by atoms with E-state index in [-0.39, 0.29) is 11.3 Å². The molecule has 0 N–H and O–H groups in total. The number of fused-ring (bicyclic) bond motifs is 1. The number of aldehydes is 1. The average molecular weight is 295 g/mol. The summed E-state index contributed by atoms with van der Waals surface area (Å²) in [7, 11) is 1.67. The fourth-order valence-corrected chi connectivity index (χ4v) is 3.28. The molecule has 1 aliphatic carbocycles. The second-order valence-corrected chi connectivity index (χ2v) is 6.54. The van der Waals surface area contributed by atoms with Crippen LogP contribution in [0.1, 0.15) is 37.4 Å². The molecule has 0 saturated heterocycles. The van der Waals surface area contributed by atoms with Crippen LogP contribution in [0.25, 0.3) is 11.3 Å². The Morgan fingerprint density at radius 1 is 1.23 bits per heavy atom. The molecule has 1 aliphatic rings. The lowest BCUT2D eigenvalue weighted by Crippen LogP contribution is -2.30. The molecular weight excluding hydrogens is 274 g/mol. The number of benzene rings is 1. The van der Waals surface area contributed by atoms with Crippen molar-refractivity contribution >= 4 is 6.29 Å². The largest absolute Gasteiger partial charge is 0.496 e. The number of carbonyl (C=O) groups is 1. The van der Waals surface area contributed by atoms with Gasteiger partial charge in [-0.15, -0.1) is 0 Å². The van der Waals surface area contributed by atoms with Gasteiger partial charge in [0.05, 0.1) is 12.8 Å². The first-order valence-corrected chi connectivity index (χ1v) is 7.65. The number of rotatable bonds is 3. The van der Waals surface area contributed by atoms with E-state index in [9.17, 15) is 4.79 Å². The van der Waals surface area contributed by atoms with Crippen molar-refractivity contribution in [1.82, 2.24) is 4.98 Å². The second-order valence-electron chi connectivity index (χ2n) is 6.54. The molecule has 1 aromatic heterocycles. The molecule has 0 spiro atoms. The smallest absolute Gasteiger partial charge is 0.128 e. The van der Waals surface area contributed by atoms with E-state index in [0.717, 1.165) is 47.4 Å². The fourth-order valence-electron chi connectivity index (χ4n) is 3.28. The Bertz CT molecular complexity index is 706. The summed E-state index contributed by atoms with van der Waals surface area (Å²) in [5.74, 6) is 0.744. The highest BCUT2D eigenvalue weighted by Crippen LogP contribution is 2.44. The first kappa shape index (κ1) is 14.8. The van der Waals surface area contributed by atoms with Gasteiger partial charge in [0.25, 0.3) is 0 Å². The van der Waals surface area contributed by atoms with Crippen molar-refractivity contribution in [2.24, 2.45) is 5.41 Å². The third-order valence-electron chi connectivity index (χ3n) is 4.71. The van der Waals surface area contributed by atoms with Crippen LogP contribution in [0, 0.1) is 5.41 Å². The molecule has 1 unspecified atom stereocenters. The van der Waals surface area contributed by atoms with Crippen LogP contribution in [0.15, 0.2) is 36.4 Å². The van der Waals surface area contributed by atoms with Gasteiger partial charge in [-0.1, -0.05) is 32.0 Å². The summed E-state index contributed by atoms with van der Waals surface area (Å²) in [5, 5.41) is 0. The zero-order valence-corrected chi connectivity index (χ0v) is 13.3. The Balaban J connectivity index is 2.07. The maximum atomic E-state index is 11.5. The molecule has 0 amide bonds. The highest BCUT2D eigenvalue weighted by Gasteiger charge is 2.36. The molecule has 114 valence electrons. The molecule has 0 radical (unpaired) electrons. The molecule has 1 atom stereocenters. The summed E-state index contributed by atoms with van der Waals surface area (Å²) in [4.78, 5) is 16.4. The quantitative estimate of drug-likeness (QED) is 0.803. The molecule has 0 aliphatic heterocycles. The molecule has 0 fully saturated rings. The third-order valence-corrected chi connectivity index (χ3v) is 4.71. The number of aryl methyl sites for hydroxylation is 1. The standard InChI is InChI=1S/C19H21NO2/c1-19(2)11-10-17-13(15(19)12-21)8-9-16(20-17)14-6-4-5-7-18(14)22-3/h4-9,12,15H,10-11H2,1-3H3. The Labute approximate surface area is 131 Å². The van der Waals surface area contributed by atoms with Crippen molar-refractivity contribution in [3.8, 4) is 17.0 Å². The van der Waals surface area contributed by atoms with Crippen LogP contribution in [0.5, 0.6) is 5.75 Å². The van der Waals surface area contributed by atoms with E-state index in [0.29, 0.717) is 0 Å². The zero-order chi connectivity index (χ0) is 15.7. The highest BCUT2D eigenvalue weighted by molar-refractivity contribution is 5.70. The number of nitrogens with zero attached hydrogens (tertiary/aromatic N) is 1. The predicted octanol–water partition coefficient (Wildman–Crippen LogP) is 4.01. The van der Waals surface area contributed by atoms with Gasteiger partial charge in [0.2, 0.25) is 0 Å². The molecule has 3 rings (SSSR count). The van der Waals surface area contributed by atoms with Crippen LogP contribution in [0.3, 0.4) is 0 Å². The summed E-state index contributed by atoms with van der Waals surface area (Å²) in [6, 6.07) is 11.9. The molecule has 1 heterocycles. The minimum absolute atomic E-state index is 0.00236. The monoisotopic (exact) mass is 295 g/mol. The van der Waals surface area contributed by atoms with Crippen molar-refractivity contribution in [2.45, 2.75) is 32.6 Å². The molecular formula is C19H21NO2. The molecule has 22 heavy (non-hydrogen) atoms. The Morgan fingerprint density at radius 3 is 2.73 bits per heavy atom. The van der Waals surface area contributed by atoms with Gasteiger partial charge in [0.15, 0.2) is 0 Å². The van der Waals surface area contributed by atoms with E-state index in [1.54, 1.807) is 7.11 Å².